The van der Waals surface area contributed by atoms with E-state index >= 15 is 0 Å². The van der Waals surface area contributed by atoms with Crippen LogP contribution < -0.4 is 5.32 Å². The number of benzene rings is 1. The summed E-state index contributed by atoms with van der Waals surface area (Å²) in [5.74, 6) is 1.03. The molecule has 2 saturated carbocycles. The molecule has 1 amide bonds. The summed E-state index contributed by atoms with van der Waals surface area (Å²) < 4.78 is 0. The van der Waals surface area contributed by atoms with Crippen LogP contribution in [0.4, 0.5) is 0 Å². The van der Waals surface area contributed by atoms with Crippen molar-refractivity contribution in [3.05, 3.63) is 35.4 Å². The van der Waals surface area contributed by atoms with Crippen molar-refractivity contribution in [2.45, 2.75) is 63.7 Å². The Hall–Kier alpha value is -1.35. The lowest BCUT2D eigenvalue weighted by molar-refractivity contribution is -0.134. The van der Waals surface area contributed by atoms with Crippen molar-refractivity contribution in [2.24, 2.45) is 5.92 Å². The molecule has 1 aromatic rings. The Morgan fingerprint density at radius 2 is 1.90 bits per heavy atom. The Labute approximate surface area is 126 Å². The lowest BCUT2D eigenvalue weighted by Crippen LogP contribution is -2.44. The standard InChI is InChI=1S/C18H24N2O/c1-12-6-8-15(9-7-12)16-19-18(10-11-18)17(21)20(16)13(2)14-4-3-5-14/h6-9,13-14,16,19H,3-5,10-11H2,1-2H3. The summed E-state index contributed by atoms with van der Waals surface area (Å²) in [6, 6.07) is 8.98. The van der Waals surface area contributed by atoms with Gasteiger partial charge in [0.2, 0.25) is 5.91 Å². The average molecular weight is 284 g/mol. The Balaban J connectivity index is 1.66. The molecule has 1 heterocycles. The van der Waals surface area contributed by atoms with Crippen molar-refractivity contribution in [3.8, 4) is 0 Å². The summed E-state index contributed by atoms with van der Waals surface area (Å²) in [5, 5.41) is 3.64. The smallest absolute Gasteiger partial charge is 0.244 e. The highest BCUT2D eigenvalue weighted by Crippen LogP contribution is 2.48. The molecule has 0 aromatic heterocycles. The van der Waals surface area contributed by atoms with Crippen molar-refractivity contribution in [2.75, 3.05) is 0 Å². The van der Waals surface area contributed by atoms with Gasteiger partial charge in [0.25, 0.3) is 0 Å². The summed E-state index contributed by atoms with van der Waals surface area (Å²) in [6.07, 6.45) is 5.95. The third-order valence-electron chi connectivity index (χ3n) is 5.75. The van der Waals surface area contributed by atoms with Gasteiger partial charge in [-0.05, 0) is 51.0 Å². The highest BCUT2D eigenvalue weighted by Gasteiger charge is 2.60. The summed E-state index contributed by atoms with van der Waals surface area (Å²) >= 11 is 0. The molecule has 1 aliphatic heterocycles. The lowest BCUT2D eigenvalue weighted by Gasteiger charge is -2.40. The van der Waals surface area contributed by atoms with Crippen molar-refractivity contribution >= 4 is 5.91 Å². The van der Waals surface area contributed by atoms with E-state index in [-0.39, 0.29) is 11.7 Å². The SMILES string of the molecule is Cc1ccc(C2NC3(CC3)C(=O)N2C(C)C2CCC2)cc1. The molecule has 2 unspecified atom stereocenters. The fourth-order valence-corrected chi connectivity index (χ4v) is 3.80. The first kappa shape index (κ1) is 13.3. The molecular formula is C18H24N2O. The largest absolute Gasteiger partial charge is 0.318 e. The van der Waals surface area contributed by atoms with E-state index in [4.69, 9.17) is 0 Å². The number of amides is 1. The average Bonchev–Trinajstić information content (AvgIpc) is 3.11. The number of nitrogens with one attached hydrogen (secondary N) is 1. The third kappa shape index (κ3) is 2.02. The van der Waals surface area contributed by atoms with E-state index in [1.165, 1.54) is 30.4 Å². The second kappa shape index (κ2) is 4.57. The minimum absolute atomic E-state index is 0.0659. The van der Waals surface area contributed by atoms with Crippen LogP contribution in [0.3, 0.4) is 0 Å². The highest BCUT2D eigenvalue weighted by molar-refractivity contribution is 5.92. The monoisotopic (exact) mass is 284 g/mol. The topological polar surface area (TPSA) is 32.3 Å². The van der Waals surface area contributed by atoms with Gasteiger partial charge in [0, 0.05) is 6.04 Å². The van der Waals surface area contributed by atoms with E-state index in [0.29, 0.717) is 17.9 Å². The first-order valence-corrected chi connectivity index (χ1v) is 8.28. The Morgan fingerprint density at radius 1 is 1.24 bits per heavy atom. The molecule has 3 fully saturated rings. The zero-order chi connectivity index (χ0) is 14.6. The van der Waals surface area contributed by atoms with E-state index < -0.39 is 0 Å². The first-order valence-electron chi connectivity index (χ1n) is 8.28. The molecule has 3 aliphatic rings. The zero-order valence-corrected chi connectivity index (χ0v) is 12.9. The number of aryl methyl sites for hydroxylation is 1. The van der Waals surface area contributed by atoms with Crippen LogP contribution in [0.2, 0.25) is 0 Å². The molecule has 0 bridgehead atoms. The molecule has 0 radical (unpaired) electrons. The summed E-state index contributed by atoms with van der Waals surface area (Å²) in [7, 11) is 0. The maximum absolute atomic E-state index is 12.9. The van der Waals surface area contributed by atoms with Crippen LogP contribution in [-0.4, -0.2) is 22.4 Å². The van der Waals surface area contributed by atoms with Gasteiger partial charge in [-0.15, -0.1) is 0 Å². The van der Waals surface area contributed by atoms with Gasteiger partial charge in [0.15, 0.2) is 0 Å². The quantitative estimate of drug-likeness (QED) is 0.925. The Kier molecular flexibility index (Phi) is 2.90. The molecule has 1 N–H and O–H groups in total. The summed E-state index contributed by atoms with van der Waals surface area (Å²) in [6.45, 7) is 4.35. The Bertz CT molecular complexity index is 557. The van der Waals surface area contributed by atoms with Gasteiger partial charge < -0.3 is 4.90 Å². The molecular weight excluding hydrogens is 260 g/mol. The van der Waals surface area contributed by atoms with Crippen molar-refractivity contribution in [3.63, 3.8) is 0 Å². The summed E-state index contributed by atoms with van der Waals surface area (Å²) in [5.41, 5.74) is 2.26. The maximum Gasteiger partial charge on any atom is 0.244 e. The van der Waals surface area contributed by atoms with Gasteiger partial charge in [-0.1, -0.05) is 36.2 Å². The normalized spacial score (nSPS) is 28.8. The fraction of sp³-hybridized carbons (Fsp3) is 0.611. The zero-order valence-electron chi connectivity index (χ0n) is 12.9. The third-order valence-corrected chi connectivity index (χ3v) is 5.75. The molecule has 3 nitrogen and oxygen atoms in total. The fourth-order valence-electron chi connectivity index (χ4n) is 3.80. The predicted octanol–water partition coefficient (Wildman–Crippen LogP) is 3.15. The predicted molar refractivity (Wildman–Crippen MR) is 82.7 cm³/mol. The number of carbonyl (C=O) groups is 1. The van der Waals surface area contributed by atoms with Crippen LogP contribution >= 0.6 is 0 Å². The second-order valence-electron chi connectivity index (χ2n) is 7.18. The van der Waals surface area contributed by atoms with E-state index in [9.17, 15) is 4.79 Å². The van der Waals surface area contributed by atoms with Crippen molar-refractivity contribution < 1.29 is 4.79 Å². The number of hydrogen-bond donors (Lipinski definition) is 1. The molecule has 1 aromatic carbocycles. The molecule has 2 atom stereocenters. The van der Waals surface area contributed by atoms with Crippen LogP contribution in [0.15, 0.2) is 24.3 Å². The van der Waals surface area contributed by atoms with Crippen LogP contribution in [0.25, 0.3) is 0 Å². The van der Waals surface area contributed by atoms with E-state index in [1.54, 1.807) is 0 Å². The van der Waals surface area contributed by atoms with Gasteiger partial charge in [-0.3, -0.25) is 10.1 Å². The minimum atomic E-state index is -0.229. The van der Waals surface area contributed by atoms with E-state index in [0.717, 1.165) is 12.8 Å². The van der Waals surface area contributed by atoms with Crippen LogP contribution in [-0.2, 0) is 4.79 Å². The van der Waals surface area contributed by atoms with Crippen LogP contribution in [0.5, 0.6) is 0 Å². The van der Waals surface area contributed by atoms with Crippen LogP contribution in [0.1, 0.15) is 56.3 Å². The first-order chi connectivity index (χ1) is 10.1. The Morgan fingerprint density at radius 3 is 2.43 bits per heavy atom. The maximum atomic E-state index is 12.9. The number of nitrogens with zero attached hydrogens (tertiary/aromatic N) is 1. The number of hydrogen-bond acceptors (Lipinski definition) is 2. The molecule has 112 valence electrons. The van der Waals surface area contributed by atoms with Gasteiger partial charge in [0.1, 0.15) is 11.7 Å². The molecule has 2 aliphatic carbocycles. The van der Waals surface area contributed by atoms with Gasteiger partial charge in [0.05, 0.1) is 0 Å². The molecule has 3 heteroatoms. The van der Waals surface area contributed by atoms with E-state index in [1.807, 2.05) is 0 Å². The van der Waals surface area contributed by atoms with Gasteiger partial charge >= 0.3 is 0 Å². The van der Waals surface area contributed by atoms with Crippen molar-refractivity contribution in [1.29, 1.82) is 0 Å². The number of carbonyl (C=O) groups excluding carboxylic acids is 1. The number of rotatable bonds is 3. The van der Waals surface area contributed by atoms with Gasteiger partial charge in [-0.25, -0.2) is 0 Å². The van der Waals surface area contributed by atoms with Crippen molar-refractivity contribution in [1.82, 2.24) is 10.2 Å². The molecule has 4 rings (SSSR count). The molecule has 1 saturated heterocycles. The molecule has 21 heavy (non-hydrogen) atoms. The van der Waals surface area contributed by atoms with Gasteiger partial charge in [-0.2, -0.15) is 0 Å². The lowest BCUT2D eigenvalue weighted by atomic mass is 9.79. The minimum Gasteiger partial charge on any atom is -0.318 e. The summed E-state index contributed by atoms with van der Waals surface area (Å²) in [4.78, 5) is 15.0. The highest BCUT2D eigenvalue weighted by atomic mass is 16.2. The molecule has 1 spiro atoms. The van der Waals surface area contributed by atoms with Crippen LogP contribution in [0, 0.1) is 12.8 Å². The van der Waals surface area contributed by atoms with E-state index in [2.05, 4.69) is 48.3 Å². The second-order valence-corrected chi connectivity index (χ2v) is 7.18.